The Kier molecular flexibility index (Phi) is 4.92. The summed E-state index contributed by atoms with van der Waals surface area (Å²) in [7, 11) is -4.19. The molecule has 0 saturated heterocycles. The lowest BCUT2D eigenvalue weighted by molar-refractivity contribution is -0.388. The van der Waals surface area contributed by atoms with Crippen molar-refractivity contribution in [2.45, 2.75) is 24.3 Å². The maximum atomic E-state index is 12.9. The Hall–Kier alpha value is -1.58. The molecular weight excluding hydrogens is 279 g/mol. The highest BCUT2D eigenvalue weighted by atomic mass is 32.2. The summed E-state index contributed by atoms with van der Waals surface area (Å²) in [4.78, 5) is 9.13. The first kappa shape index (κ1) is 15.5. The fourth-order valence-corrected chi connectivity index (χ4v) is 2.86. The molecule has 0 aliphatic rings. The van der Waals surface area contributed by atoms with Gasteiger partial charge in [0, 0.05) is 6.04 Å². The van der Waals surface area contributed by atoms with Crippen LogP contribution in [0.3, 0.4) is 0 Å². The molecule has 0 bridgehead atoms. The maximum absolute atomic E-state index is 12.9. The van der Waals surface area contributed by atoms with Crippen LogP contribution < -0.4 is 4.72 Å². The van der Waals surface area contributed by atoms with E-state index in [0.29, 0.717) is 12.5 Å². The van der Waals surface area contributed by atoms with Crippen molar-refractivity contribution >= 4 is 15.7 Å². The van der Waals surface area contributed by atoms with Crippen LogP contribution in [0, 0.1) is 15.9 Å². The van der Waals surface area contributed by atoms with E-state index in [4.69, 9.17) is 5.11 Å². The van der Waals surface area contributed by atoms with Gasteiger partial charge in [0.1, 0.15) is 5.82 Å². The number of nitrogens with zero attached hydrogens (tertiary/aromatic N) is 1. The molecule has 0 aromatic heterocycles. The summed E-state index contributed by atoms with van der Waals surface area (Å²) in [6.45, 7) is 1.20. The lowest BCUT2D eigenvalue weighted by atomic mass is 10.3. The van der Waals surface area contributed by atoms with E-state index in [9.17, 15) is 22.9 Å². The van der Waals surface area contributed by atoms with Gasteiger partial charge < -0.3 is 5.11 Å². The Bertz CT molecular complexity index is 571. The molecule has 9 heteroatoms. The molecule has 1 rings (SSSR count). The molecule has 1 unspecified atom stereocenters. The Labute approximate surface area is 109 Å². The Morgan fingerprint density at radius 2 is 2.16 bits per heavy atom. The molecule has 0 aliphatic carbocycles. The molecule has 1 atom stereocenters. The number of aliphatic hydroxyl groups excluding tert-OH is 1. The van der Waals surface area contributed by atoms with Crippen LogP contribution in [-0.4, -0.2) is 31.1 Å². The molecular formula is C10H13FN2O5S. The van der Waals surface area contributed by atoms with Crippen molar-refractivity contribution in [1.82, 2.24) is 4.72 Å². The van der Waals surface area contributed by atoms with Crippen LogP contribution in [0.15, 0.2) is 23.1 Å². The smallest absolute Gasteiger partial charge is 0.292 e. The maximum Gasteiger partial charge on any atom is 0.292 e. The summed E-state index contributed by atoms with van der Waals surface area (Å²) >= 11 is 0. The molecule has 0 amide bonds. The molecule has 7 nitrogen and oxygen atoms in total. The Morgan fingerprint density at radius 3 is 2.63 bits per heavy atom. The molecule has 0 saturated carbocycles. The van der Waals surface area contributed by atoms with E-state index in [1.807, 2.05) is 0 Å². The first-order valence-corrected chi connectivity index (χ1v) is 6.87. The molecule has 0 spiro atoms. The van der Waals surface area contributed by atoms with Gasteiger partial charge in [0.15, 0.2) is 4.90 Å². The lowest BCUT2D eigenvalue weighted by Gasteiger charge is -2.14. The Balaban J connectivity index is 3.25. The standard InChI is InChI=1S/C10H13FN2O5S/c1-2-8(6-14)12-19(17,18)10-4-3-7(11)5-9(10)13(15)16/h3-5,8,12,14H,2,6H2,1H3. The number of aliphatic hydroxyl groups is 1. The third-order valence-corrected chi connectivity index (χ3v) is 4.01. The molecule has 0 aliphatic heterocycles. The summed E-state index contributed by atoms with van der Waals surface area (Å²) in [5, 5.41) is 19.7. The van der Waals surface area contributed by atoms with Gasteiger partial charge in [-0.1, -0.05) is 6.92 Å². The van der Waals surface area contributed by atoms with Gasteiger partial charge in [-0.15, -0.1) is 0 Å². The van der Waals surface area contributed by atoms with Crippen molar-refractivity contribution in [3.8, 4) is 0 Å². The quantitative estimate of drug-likeness (QED) is 0.595. The van der Waals surface area contributed by atoms with Gasteiger partial charge in [-0.25, -0.2) is 17.5 Å². The second-order valence-electron chi connectivity index (χ2n) is 3.78. The zero-order valence-corrected chi connectivity index (χ0v) is 10.9. The predicted molar refractivity (Wildman–Crippen MR) is 64.5 cm³/mol. The van der Waals surface area contributed by atoms with E-state index in [0.717, 1.165) is 12.1 Å². The van der Waals surface area contributed by atoms with Crippen LogP contribution in [0.2, 0.25) is 0 Å². The minimum atomic E-state index is -4.19. The molecule has 0 fully saturated rings. The zero-order chi connectivity index (χ0) is 14.6. The van der Waals surface area contributed by atoms with Gasteiger partial charge >= 0.3 is 0 Å². The number of sulfonamides is 1. The van der Waals surface area contributed by atoms with Crippen molar-refractivity contribution in [3.05, 3.63) is 34.1 Å². The van der Waals surface area contributed by atoms with Crippen molar-refractivity contribution in [3.63, 3.8) is 0 Å². The average molecular weight is 292 g/mol. The summed E-state index contributed by atoms with van der Waals surface area (Å²) in [6.07, 6.45) is 0.310. The first-order chi connectivity index (χ1) is 8.81. The highest BCUT2D eigenvalue weighted by Crippen LogP contribution is 2.24. The monoisotopic (exact) mass is 292 g/mol. The van der Waals surface area contributed by atoms with Gasteiger partial charge in [0.2, 0.25) is 10.0 Å². The van der Waals surface area contributed by atoms with Gasteiger partial charge in [-0.2, -0.15) is 0 Å². The summed E-state index contributed by atoms with van der Waals surface area (Å²) in [5.74, 6) is -0.903. The molecule has 0 heterocycles. The minimum Gasteiger partial charge on any atom is -0.395 e. The SMILES string of the molecule is CCC(CO)NS(=O)(=O)c1ccc(F)cc1[N+](=O)[O-]. The molecule has 19 heavy (non-hydrogen) atoms. The van der Waals surface area contributed by atoms with Gasteiger partial charge in [0.25, 0.3) is 5.69 Å². The van der Waals surface area contributed by atoms with Crippen molar-refractivity contribution < 1.29 is 22.8 Å². The van der Waals surface area contributed by atoms with E-state index in [1.54, 1.807) is 6.92 Å². The highest BCUT2D eigenvalue weighted by Gasteiger charge is 2.28. The third-order valence-electron chi connectivity index (χ3n) is 2.44. The fraction of sp³-hybridized carbons (Fsp3) is 0.400. The van der Waals surface area contributed by atoms with Gasteiger partial charge in [-0.05, 0) is 18.6 Å². The predicted octanol–water partition coefficient (Wildman–Crippen LogP) is 0.783. The largest absolute Gasteiger partial charge is 0.395 e. The number of nitrogens with one attached hydrogen (secondary N) is 1. The number of nitro groups is 1. The second-order valence-corrected chi connectivity index (χ2v) is 5.46. The average Bonchev–Trinajstić information content (AvgIpc) is 2.35. The minimum absolute atomic E-state index is 0.310. The molecule has 0 radical (unpaired) electrons. The lowest BCUT2D eigenvalue weighted by Crippen LogP contribution is -2.37. The fourth-order valence-electron chi connectivity index (χ4n) is 1.39. The van der Waals surface area contributed by atoms with Gasteiger partial charge in [-0.3, -0.25) is 10.1 Å². The molecule has 1 aromatic carbocycles. The van der Waals surface area contributed by atoms with Crippen LogP contribution in [0.1, 0.15) is 13.3 Å². The molecule has 1 aromatic rings. The van der Waals surface area contributed by atoms with Crippen molar-refractivity contribution in [1.29, 1.82) is 0 Å². The van der Waals surface area contributed by atoms with Crippen LogP contribution >= 0.6 is 0 Å². The summed E-state index contributed by atoms with van der Waals surface area (Å²) in [5.41, 5.74) is -0.847. The van der Waals surface area contributed by atoms with E-state index >= 15 is 0 Å². The molecule has 106 valence electrons. The number of hydrogen-bond acceptors (Lipinski definition) is 5. The van der Waals surface area contributed by atoms with E-state index in [1.165, 1.54) is 0 Å². The summed E-state index contributed by atoms with van der Waals surface area (Å²) < 4.78 is 38.9. The van der Waals surface area contributed by atoms with E-state index < -0.39 is 44.0 Å². The van der Waals surface area contributed by atoms with Crippen LogP contribution in [0.25, 0.3) is 0 Å². The number of nitro benzene ring substituents is 1. The number of hydrogen-bond donors (Lipinski definition) is 2. The zero-order valence-electron chi connectivity index (χ0n) is 10.0. The second kappa shape index (κ2) is 6.04. The third kappa shape index (κ3) is 3.69. The molecule has 2 N–H and O–H groups in total. The first-order valence-electron chi connectivity index (χ1n) is 5.39. The van der Waals surface area contributed by atoms with E-state index in [2.05, 4.69) is 4.72 Å². The highest BCUT2D eigenvalue weighted by molar-refractivity contribution is 7.89. The van der Waals surface area contributed by atoms with Gasteiger partial charge in [0.05, 0.1) is 17.6 Å². The van der Waals surface area contributed by atoms with Crippen LogP contribution in [0.4, 0.5) is 10.1 Å². The van der Waals surface area contributed by atoms with Crippen LogP contribution in [0.5, 0.6) is 0 Å². The summed E-state index contributed by atoms with van der Waals surface area (Å²) in [6, 6.07) is 1.42. The Morgan fingerprint density at radius 1 is 1.53 bits per heavy atom. The van der Waals surface area contributed by atoms with Crippen LogP contribution in [-0.2, 0) is 10.0 Å². The van der Waals surface area contributed by atoms with Crippen molar-refractivity contribution in [2.24, 2.45) is 0 Å². The van der Waals surface area contributed by atoms with E-state index in [-0.39, 0.29) is 0 Å². The topological polar surface area (TPSA) is 110 Å². The number of halogens is 1. The number of rotatable bonds is 6. The van der Waals surface area contributed by atoms with Crippen molar-refractivity contribution in [2.75, 3.05) is 6.61 Å². The number of benzene rings is 1. The normalized spacial score (nSPS) is 13.2.